The molecule has 1 heterocycles. The summed E-state index contributed by atoms with van der Waals surface area (Å²) in [5, 5.41) is 11.6. The number of hydrogen-bond acceptors (Lipinski definition) is 6. The quantitative estimate of drug-likeness (QED) is 0.302. The number of benzene rings is 2. The van der Waals surface area contributed by atoms with Gasteiger partial charge in [0, 0.05) is 24.7 Å². The van der Waals surface area contributed by atoms with Gasteiger partial charge in [0.2, 0.25) is 5.78 Å². The first kappa shape index (κ1) is 21.5. The molecule has 0 radical (unpaired) electrons. The molecule has 0 saturated carbocycles. The van der Waals surface area contributed by atoms with Crippen LogP contribution in [0.3, 0.4) is 0 Å². The lowest BCUT2D eigenvalue weighted by Crippen LogP contribution is -2.33. The van der Waals surface area contributed by atoms with Crippen LogP contribution in [0, 0.1) is 29.9 Å². The highest BCUT2D eigenvalue weighted by atomic mass is 16.6. The van der Waals surface area contributed by atoms with Crippen LogP contribution in [0.1, 0.15) is 51.6 Å². The third-order valence-corrected chi connectivity index (χ3v) is 5.56. The van der Waals surface area contributed by atoms with E-state index in [1.807, 2.05) is 30.9 Å². The second-order valence-corrected chi connectivity index (χ2v) is 7.95. The largest absolute Gasteiger partial charge is 0.454 e. The number of piperidine rings is 1. The molecule has 0 spiro atoms. The molecule has 0 aromatic heterocycles. The van der Waals surface area contributed by atoms with Gasteiger partial charge < -0.3 is 9.64 Å². The third kappa shape index (κ3) is 4.84. The van der Waals surface area contributed by atoms with Gasteiger partial charge in [-0.2, -0.15) is 0 Å². The predicted molar refractivity (Wildman–Crippen MR) is 114 cm³/mol. The molecule has 0 unspecified atom stereocenters. The first-order valence-corrected chi connectivity index (χ1v) is 10.1. The van der Waals surface area contributed by atoms with Crippen LogP contribution in [0.2, 0.25) is 0 Å². The summed E-state index contributed by atoms with van der Waals surface area (Å²) in [7, 11) is 0. The lowest BCUT2D eigenvalue weighted by molar-refractivity contribution is -0.384. The van der Waals surface area contributed by atoms with Crippen molar-refractivity contribution in [1.29, 1.82) is 0 Å². The number of hydrogen-bond donors (Lipinski definition) is 0. The highest BCUT2D eigenvalue weighted by Gasteiger charge is 2.25. The summed E-state index contributed by atoms with van der Waals surface area (Å²) in [6.07, 6.45) is 1.95. The van der Waals surface area contributed by atoms with E-state index in [2.05, 4.69) is 6.92 Å². The van der Waals surface area contributed by atoms with E-state index in [0.717, 1.165) is 37.1 Å². The first-order valence-electron chi connectivity index (χ1n) is 10.1. The van der Waals surface area contributed by atoms with Crippen LogP contribution in [0.5, 0.6) is 0 Å². The Kier molecular flexibility index (Phi) is 6.50. The van der Waals surface area contributed by atoms with Gasteiger partial charge in [-0.1, -0.05) is 24.6 Å². The molecule has 30 heavy (non-hydrogen) atoms. The van der Waals surface area contributed by atoms with Crippen molar-refractivity contribution in [2.24, 2.45) is 5.92 Å². The zero-order chi connectivity index (χ0) is 21.8. The van der Waals surface area contributed by atoms with Gasteiger partial charge in [0.1, 0.15) is 5.69 Å². The molecule has 1 aliphatic heterocycles. The minimum absolute atomic E-state index is 0.0598. The molecule has 3 rings (SSSR count). The smallest absolute Gasteiger partial charge is 0.338 e. The van der Waals surface area contributed by atoms with Crippen LogP contribution >= 0.6 is 0 Å². The fraction of sp³-hybridized carbons (Fsp3) is 0.391. The predicted octanol–water partition coefficient (Wildman–Crippen LogP) is 4.49. The number of ether oxygens (including phenoxy) is 1. The molecular formula is C23H26N2O5. The molecule has 0 N–H and O–H groups in total. The number of carbonyl (C=O) groups is 2. The highest BCUT2D eigenvalue weighted by Crippen LogP contribution is 2.32. The third-order valence-electron chi connectivity index (χ3n) is 5.56. The Morgan fingerprint density at radius 3 is 2.50 bits per heavy atom. The Balaban J connectivity index is 1.73. The van der Waals surface area contributed by atoms with Crippen molar-refractivity contribution in [3.63, 3.8) is 0 Å². The average Bonchev–Trinajstić information content (AvgIpc) is 2.73. The van der Waals surface area contributed by atoms with E-state index in [-0.39, 0.29) is 17.0 Å². The minimum atomic E-state index is -0.754. The average molecular weight is 410 g/mol. The maximum absolute atomic E-state index is 12.4. The fourth-order valence-electron chi connectivity index (χ4n) is 3.64. The van der Waals surface area contributed by atoms with Gasteiger partial charge in [-0.05, 0) is 56.4 Å². The fourth-order valence-corrected chi connectivity index (χ4v) is 3.64. The summed E-state index contributed by atoms with van der Waals surface area (Å²) >= 11 is 0. The Bertz CT molecular complexity index is 978. The number of rotatable bonds is 6. The lowest BCUT2D eigenvalue weighted by Gasteiger charge is -2.31. The van der Waals surface area contributed by atoms with Crippen LogP contribution < -0.4 is 4.90 Å². The second-order valence-electron chi connectivity index (χ2n) is 7.95. The van der Waals surface area contributed by atoms with Crippen LogP contribution in [0.15, 0.2) is 36.4 Å². The van der Waals surface area contributed by atoms with Crippen molar-refractivity contribution in [1.82, 2.24) is 0 Å². The molecule has 7 heteroatoms. The first-order chi connectivity index (χ1) is 14.3. The maximum atomic E-state index is 12.4. The van der Waals surface area contributed by atoms with Crippen molar-refractivity contribution in [2.45, 2.75) is 33.6 Å². The Labute approximate surface area is 175 Å². The standard InChI is InChI=1S/C23H26N2O5/c1-15-8-10-24(11-9-15)20-7-6-18(13-21(20)25(28)29)23(27)30-14-22(26)19-12-16(2)4-5-17(19)3/h4-7,12-13,15H,8-11,14H2,1-3H3. The number of esters is 1. The van der Waals surface area contributed by atoms with Gasteiger partial charge >= 0.3 is 5.97 Å². The van der Waals surface area contributed by atoms with E-state index in [1.54, 1.807) is 12.1 Å². The van der Waals surface area contributed by atoms with Crippen molar-refractivity contribution >= 4 is 23.1 Å². The SMILES string of the molecule is Cc1ccc(C)c(C(=O)COC(=O)c2ccc(N3CCC(C)CC3)c([N+](=O)[O-])c2)c1. The molecule has 0 amide bonds. The number of Topliss-reactive ketones (excluding diaryl/α,β-unsaturated/α-hetero) is 1. The molecular weight excluding hydrogens is 384 g/mol. The summed E-state index contributed by atoms with van der Waals surface area (Å²) < 4.78 is 5.15. The molecule has 0 aliphatic carbocycles. The van der Waals surface area contributed by atoms with E-state index in [0.29, 0.717) is 17.2 Å². The topological polar surface area (TPSA) is 89.8 Å². The maximum Gasteiger partial charge on any atom is 0.338 e. The number of nitro groups is 1. The lowest BCUT2D eigenvalue weighted by atomic mass is 9.98. The summed E-state index contributed by atoms with van der Waals surface area (Å²) in [5.74, 6) is -0.460. The van der Waals surface area contributed by atoms with Crippen molar-refractivity contribution in [2.75, 3.05) is 24.6 Å². The van der Waals surface area contributed by atoms with Gasteiger partial charge in [-0.25, -0.2) is 4.79 Å². The van der Waals surface area contributed by atoms with Crippen molar-refractivity contribution in [3.8, 4) is 0 Å². The van der Waals surface area contributed by atoms with E-state index >= 15 is 0 Å². The van der Waals surface area contributed by atoms with E-state index in [4.69, 9.17) is 4.74 Å². The van der Waals surface area contributed by atoms with Crippen molar-refractivity contribution in [3.05, 3.63) is 68.8 Å². The van der Waals surface area contributed by atoms with Crippen LogP contribution in [-0.4, -0.2) is 36.4 Å². The van der Waals surface area contributed by atoms with E-state index < -0.39 is 17.5 Å². The summed E-state index contributed by atoms with van der Waals surface area (Å²) in [4.78, 5) is 38.0. The van der Waals surface area contributed by atoms with Gasteiger partial charge in [-0.15, -0.1) is 0 Å². The molecule has 0 bridgehead atoms. The zero-order valence-electron chi connectivity index (χ0n) is 17.5. The highest BCUT2D eigenvalue weighted by molar-refractivity contribution is 6.00. The number of anilines is 1. The summed E-state index contributed by atoms with van der Waals surface area (Å²) in [6, 6.07) is 9.85. The van der Waals surface area contributed by atoms with Gasteiger partial charge in [-0.3, -0.25) is 14.9 Å². The molecule has 1 aliphatic rings. The van der Waals surface area contributed by atoms with Crippen LogP contribution in [0.25, 0.3) is 0 Å². The monoisotopic (exact) mass is 410 g/mol. The number of nitro benzene ring substituents is 1. The molecule has 2 aromatic carbocycles. The Morgan fingerprint density at radius 2 is 1.83 bits per heavy atom. The van der Waals surface area contributed by atoms with Crippen LogP contribution in [-0.2, 0) is 4.74 Å². The van der Waals surface area contributed by atoms with Crippen LogP contribution in [0.4, 0.5) is 11.4 Å². The van der Waals surface area contributed by atoms with Crippen molar-refractivity contribution < 1.29 is 19.2 Å². The number of nitrogens with zero attached hydrogens (tertiary/aromatic N) is 2. The zero-order valence-corrected chi connectivity index (χ0v) is 17.5. The molecule has 1 saturated heterocycles. The number of ketones is 1. The van der Waals surface area contributed by atoms with Gasteiger partial charge in [0.15, 0.2) is 6.61 Å². The molecule has 158 valence electrons. The Morgan fingerprint density at radius 1 is 1.13 bits per heavy atom. The molecule has 2 aromatic rings. The van der Waals surface area contributed by atoms with Gasteiger partial charge in [0.25, 0.3) is 5.69 Å². The summed E-state index contributed by atoms with van der Waals surface area (Å²) in [5.41, 5.74) is 2.69. The molecule has 0 atom stereocenters. The summed E-state index contributed by atoms with van der Waals surface area (Å²) in [6.45, 7) is 6.95. The Hall–Kier alpha value is -3.22. The molecule has 1 fully saturated rings. The number of carbonyl (C=O) groups excluding carboxylic acids is 2. The second kappa shape index (κ2) is 9.07. The molecule has 7 nitrogen and oxygen atoms in total. The van der Waals surface area contributed by atoms with Gasteiger partial charge in [0.05, 0.1) is 10.5 Å². The minimum Gasteiger partial charge on any atom is -0.454 e. The van der Waals surface area contributed by atoms with E-state index in [1.165, 1.54) is 12.1 Å². The normalized spacial score (nSPS) is 14.4. The number of aryl methyl sites for hydroxylation is 2. The van der Waals surface area contributed by atoms with E-state index in [9.17, 15) is 19.7 Å².